The number of piperazine rings is 1. The molecule has 1 saturated heterocycles. The maximum Gasteiger partial charge on any atom is 0.211 e. The van der Waals surface area contributed by atoms with E-state index in [9.17, 15) is 8.42 Å². The van der Waals surface area contributed by atoms with Crippen LogP contribution in [0.1, 0.15) is 0 Å². The van der Waals surface area contributed by atoms with Gasteiger partial charge in [-0.25, -0.2) is 8.42 Å². The number of nitrogens with zero attached hydrogens (tertiary/aromatic N) is 4. The maximum atomic E-state index is 11.7. The highest BCUT2D eigenvalue weighted by Crippen LogP contribution is 2.32. The third-order valence-electron chi connectivity index (χ3n) is 4.79. The number of hydrogen-bond acceptors (Lipinski definition) is 5. The minimum atomic E-state index is -3.16. The van der Waals surface area contributed by atoms with Crippen LogP contribution in [0.4, 0.5) is 5.82 Å². The van der Waals surface area contributed by atoms with Gasteiger partial charge in [-0.15, -0.1) is 10.2 Å². The van der Waals surface area contributed by atoms with Crippen LogP contribution >= 0.6 is 11.6 Å². The van der Waals surface area contributed by atoms with E-state index in [2.05, 4.69) is 15.1 Å². The summed E-state index contributed by atoms with van der Waals surface area (Å²) in [6.07, 6.45) is 1.25. The maximum absolute atomic E-state index is 11.7. The molecule has 0 amide bonds. The zero-order chi connectivity index (χ0) is 19.0. The Kier molecular flexibility index (Phi) is 4.75. The first-order valence-electron chi connectivity index (χ1n) is 8.65. The zero-order valence-corrected chi connectivity index (χ0v) is 16.4. The molecule has 0 saturated carbocycles. The van der Waals surface area contributed by atoms with E-state index < -0.39 is 10.0 Å². The number of sulfonamides is 1. The summed E-state index contributed by atoms with van der Waals surface area (Å²) in [6.45, 7) is 2.08. The standard InChI is InChI=1S/C19H19ClN4O2S/c1-27(25,26)24-12-10-23(11-13-24)19-17-5-3-2-4-16(17)18(21-22-19)14-6-8-15(20)9-7-14/h2-9H,10-13H2,1H3. The lowest BCUT2D eigenvalue weighted by Crippen LogP contribution is -2.48. The van der Waals surface area contributed by atoms with Gasteiger partial charge in [0.15, 0.2) is 5.82 Å². The molecule has 6 nitrogen and oxygen atoms in total. The van der Waals surface area contributed by atoms with Gasteiger partial charge < -0.3 is 4.90 Å². The Morgan fingerprint density at radius 3 is 2.15 bits per heavy atom. The lowest BCUT2D eigenvalue weighted by Gasteiger charge is -2.34. The smallest absolute Gasteiger partial charge is 0.211 e. The van der Waals surface area contributed by atoms with Crippen LogP contribution in [0.2, 0.25) is 5.02 Å². The van der Waals surface area contributed by atoms with E-state index in [0.717, 1.165) is 27.8 Å². The molecule has 0 radical (unpaired) electrons. The molecule has 2 heterocycles. The second kappa shape index (κ2) is 7.07. The second-order valence-electron chi connectivity index (χ2n) is 6.57. The monoisotopic (exact) mass is 402 g/mol. The van der Waals surface area contributed by atoms with Crippen molar-refractivity contribution < 1.29 is 8.42 Å². The highest BCUT2D eigenvalue weighted by molar-refractivity contribution is 7.88. The number of fused-ring (bicyclic) bond motifs is 1. The average molecular weight is 403 g/mol. The SMILES string of the molecule is CS(=O)(=O)N1CCN(c2nnc(-c3ccc(Cl)cc3)c3ccccc23)CC1. The van der Waals surface area contributed by atoms with Gasteiger partial charge in [0.1, 0.15) is 5.69 Å². The molecule has 140 valence electrons. The van der Waals surface area contributed by atoms with Crippen molar-refractivity contribution in [3.8, 4) is 11.3 Å². The van der Waals surface area contributed by atoms with E-state index in [1.54, 1.807) is 0 Å². The van der Waals surface area contributed by atoms with Crippen molar-refractivity contribution in [2.75, 3.05) is 37.3 Å². The Labute approximate surface area is 163 Å². The molecule has 8 heteroatoms. The first kappa shape index (κ1) is 18.2. The molecule has 1 aliphatic heterocycles. The van der Waals surface area contributed by atoms with Gasteiger partial charge in [-0.3, -0.25) is 0 Å². The second-order valence-corrected chi connectivity index (χ2v) is 8.99. The van der Waals surface area contributed by atoms with Crippen LogP contribution in [-0.4, -0.2) is 55.4 Å². The van der Waals surface area contributed by atoms with Crippen LogP contribution < -0.4 is 4.90 Å². The van der Waals surface area contributed by atoms with Crippen molar-refractivity contribution in [3.63, 3.8) is 0 Å². The molecule has 1 aromatic heterocycles. The van der Waals surface area contributed by atoms with E-state index >= 15 is 0 Å². The van der Waals surface area contributed by atoms with Crippen LogP contribution in [0.3, 0.4) is 0 Å². The molecule has 3 aromatic rings. The number of anilines is 1. The summed E-state index contributed by atoms with van der Waals surface area (Å²) < 4.78 is 25.0. The van der Waals surface area contributed by atoms with E-state index in [-0.39, 0.29) is 0 Å². The minimum Gasteiger partial charge on any atom is -0.352 e. The van der Waals surface area contributed by atoms with Crippen molar-refractivity contribution in [3.05, 3.63) is 53.6 Å². The summed E-state index contributed by atoms with van der Waals surface area (Å²) in [7, 11) is -3.16. The molecule has 0 aliphatic carbocycles. The van der Waals surface area contributed by atoms with Crippen LogP contribution in [0.5, 0.6) is 0 Å². The number of hydrogen-bond donors (Lipinski definition) is 0. The van der Waals surface area contributed by atoms with E-state index in [1.165, 1.54) is 10.6 Å². The van der Waals surface area contributed by atoms with Gasteiger partial charge in [-0.1, -0.05) is 48.0 Å². The van der Waals surface area contributed by atoms with Crippen molar-refractivity contribution in [2.45, 2.75) is 0 Å². The molecule has 0 unspecified atom stereocenters. The van der Waals surface area contributed by atoms with Gasteiger partial charge in [0.2, 0.25) is 10.0 Å². The molecule has 4 rings (SSSR count). The Bertz CT molecular complexity index is 1080. The lowest BCUT2D eigenvalue weighted by atomic mass is 10.0. The summed E-state index contributed by atoms with van der Waals surface area (Å²) in [6, 6.07) is 15.6. The normalized spacial score (nSPS) is 16.0. The van der Waals surface area contributed by atoms with Gasteiger partial charge in [-0.2, -0.15) is 4.31 Å². The third kappa shape index (κ3) is 3.63. The number of halogens is 1. The number of aromatic nitrogens is 2. The van der Waals surface area contributed by atoms with Crippen LogP contribution in [-0.2, 0) is 10.0 Å². The Morgan fingerprint density at radius 2 is 1.52 bits per heavy atom. The zero-order valence-electron chi connectivity index (χ0n) is 14.8. The van der Waals surface area contributed by atoms with E-state index in [0.29, 0.717) is 31.2 Å². The summed E-state index contributed by atoms with van der Waals surface area (Å²) in [5.41, 5.74) is 1.76. The molecule has 1 aliphatic rings. The lowest BCUT2D eigenvalue weighted by molar-refractivity contribution is 0.387. The van der Waals surface area contributed by atoms with Crippen molar-refractivity contribution in [1.82, 2.24) is 14.5 Å². The molecular formula is C19H19ClN4O2S. The van der Waals surface area contributed by atoms with Gasteiger partial charge in [0.25, 0.3) is 0 Å². The first-order valence-corrected chi connectivity index (χ1v) is 10.9. The summed E-state index contributed by atoms with van der Waals surface area (Å²) in [5.74, 6) is 0.788. The summed E-state index contributed by atoms with van der Waals surface area (Å²) >= 11 is 6.00. The number of rotatable bonds is 3. The molecule has 0 spiro atoms. The Balaban J connectivity index is 1.72. The van der Waals surface area contributed by atoms with Gasteiger partial charge >= 0.3 is 0 Å². The molecule has 27 heavy (non-hydrogen) atoms. The molecule has 2 aromatic carbocycles. The predicted molar refractivity (Wildman–Crippen MR) is 109 cm³/mol. The topological polar surface area (TPSA) is 66.4 Å². The number of benzene rings is 2. The van der Waals surface area contributed by atoms with Crippen LogP contribution in [0, 0.1) is 0 Å². The molecule has 0 N–H and O–H groups in total. The van der Waals surface area contributed by atoms with Gasteiger partial charge in [-0.05, 0) is 12.1 Å². The van der Waals surface area contributed by atoms with E-state index in [4.69, 9.17) is 11.6 Å². The largest absolute Gasteiger partial charge is 0.352 e. The van der Waals surface area contributed by atoms with E-state index in [1.807, 2.05) is 48.5 Å². The van der Waals surface area contributed by atoms with Crippen molar-refractivity contribution in [1.29, 1.82) is 0 Å². The fraction of sp³-hybridized carbons (Fsp3) is 0.263. The van der Waals surface area contributed by atoms with Crippen LogP contribution in [0.15, 0.2) is 48.5 Å². The summed E-state index contributed by atoms with van der Waals surface area (Å²) in [4.78, 5) is 2.10. The van der Waals surface area contributed by atoms with Gasteiger partial charge in [0, 0.05) is 47.5 Å². The van der Waals surface area contributed by atoms with Crippen LogP contribution in [0.25, 0.3) is 22.0 Å². The minimum absolute atomic E-state index is 0.452. The average Bonchev–Trinajstić information content (AvgIpc) is 2.67. The quantitative estimate of drug-likeness (QED) is 0.673. The van der Waals surface area contributed by atoms with Gasteiger partial charge in [0.05, 0.1) is 6.26 Å². The molecule has 0 bridgehead atoms. The van der Waals surface area contributed by atoms with Crippen molar-refractivity contribution in [2.24, 2.45) is 0 Å². The molecule has 1 fully saturated rings. The fourth-order valence-corrected chi connectivity index (χ4v) is 4.33. The third-order valence-corrected chi connectivity index (χ3v) is 6.35. The Morgan fingerprint density at radius 1 is 0.889 bits per heavy atom. The fourth-order valence-electron chi connectivity index (χ4n) is 3.38. The van der Waals surface area contributed by atoms with Crippen molar-refractivity contribution >= 4 is 38.2 Å². The highest BCUT2D eigenvalue weighted by atomic mass is 35.5. The first-order chi connectivity index (χ1) is 12.9. The summed E-state index contributed by atoms with van der Waals surface area (Å²) in [5, 5.41) is 11.7. The highest BCUT2D eigenvalue weighted by Gasteiger charge is 2.25. The molecule has 0 atom stereocenters. The Hall–Kier alpha value is -2.22. The predicted octanol–water partition coefficient (Wildman–Crippen LogP) is 3.03. The molecular weight excluding hydrogens is 384 g/mol.